The molecule has 0 fully saturated rings. The van der Waals surface area contributed by atoms with Crippen LogP contribution in [0.5, 0.6) is 0 Å². The topological polar surface area (TPSA) is 20.3 Å². The first-order chi connectivity index (χ1) is 8.88. The van der Waals surface area contributed by atoms with Crippen LogP contribution in [0.25, 0.3) is 4.91 Å². The summed E-state index contributed by atoms with van der Waals surface area (Å²) < 4.78 is 0. The molecule has 0 aliphatic carbocycles. The molecule has 1 aliphatic heterocycles. The average molecular weight is 253 g/mol. The predicted octanol–water partition coefficient (Wildman–Crippen LogP) is 3.75. The Balaban J connectivity index is 2.06. The van der Waals surface area contributed by atoms with E-state index in [1.807, 2.05) is 48.7 Å². The van der Waals surface area contributed by atoms with Crippen LogP contribution in [0, 0.1) is 0 Å². The lowest BCUT2D eigenvalue weighted by atomic mass is 10.2. The fourth-order valence-corrected chi connectivity index (χ4v) is 3.00. The standard InChI is InChI=1S/C15H11NOS/c17-11-16-10-15(12-6-2-1-3-7-12)18-14-9-5-4-8-13(14)16/h1-11H. The smallest absolute Gasteiger partial charge is 0.218 e. The Kier molecular flexibility index (Phi) is 2.90. The number of benzene rings is 2. The van der Waals surface area contributed by atoms with Crippen LogP contribution in [0.2, 0.25) is 0 Å². The van der Waals surface area contributed by atoms with Crippen molar-refractivity contribution in [3.63, 3.8) is 0 Å². The van der Waals surface area contributed by atoms with Crippen molar-refractivity contribution in [2.24, 2.45) is 0 Å². The Morgan fingerprint density at radius 3 is 2.44 bits per heavy atom. The molecule has 18 heavy (non-hydrogen) atoms. The number of fused-ring (bicyclic) bond motifs is 1. The second-order valence-electron chi connectivity index (χ2n) is 3.94. The highest BCUT2D eigenvalue weighted by Gasteiger charge is 2.18. The van der Waals surface area contributed by atoms with E-state index < -0.39 is 0 Å². The number of amides is 1. The molecule has 1 heterocycles. The van der Waals surface area contributed by atoms with Crippen LogP contribution in [-0.4, -0.2) is 6.41 Å². The predicted molar refractivity (Wildman–Crippen MR) is 75.3 cm³/mol. The molecule has 0 spiro atoms. The second kappa shape index (κ2) is 4.70. The summed E-state index contributed by atoms with van der Waals surface area (Å²) in [5.41, 5.74) is 2.07. The van der Waals surface area contributed by atoms with Crippen molar-refractivity contribution >= 4 is 28.8 Å². The van der Waals surface area contributed by atoms with Crippen LogP contribution in [0.4, 0.5) is 5.69 Å². The summed E-state index contributed by atoms with van der Waals surface area (Å²) in [5.74, 6) is 0. The normalized spacial score (nSPS) is 13.8. The maximum atomic E-state index is 11.2. The summed E-state index contributed by atoms with van der Waals surface area (Å²) in [6.07, 6.45) is 2.73. The largest absolute Gasteiger partial charge is 0.288 e. The highest BCUT2D eigenvalue weighted by atomic mass is 32.2. The second-order valence-corrected chi connectivity index (χ2v) is 5.03. The molecule has 2 nitrogen and oxygen atoms in total. The molecule has 88 valence electrons. The summed E-state index contributed by atoms with van der Waals surface area (Å²) in [6.45, 7) is 0. The van der Waals surface area contributed by atoms with Crippen molar-refractivity contribution in [1.29, 1.82) is 0 Å². The lowest BCUT2D eigenvalue weighted by molar-refractivity contribution is -0.107. The van der Waals surface area contributed by atoms with E-state index in [0.29, 0.717) is 0 Å². The van der Waals surface area contributed by atoms with E-state index in [2.05, 4.69) is 12.1 Å². The van der Waals surface area contributed by atoms with Gasteiger partial charge in [0.15, 0.2) is 0 Å². The van der Waals surface area contributed by atoms with Gasteiger partial charge in [0.2, 0.25) is 6.41 Å². The molecule has 0 saturated carbocycles. The van der Waals surface area contributed by atoms with Gasteiger partial charge in [-0.25, -0.2) is 0 Å². The number of hydrogen-bond acceptors (Lipinski definition) is 2. The van der Waals surface area contributed by atoms with Gasteiger partial charge in [0.1, 0.15) is 0 Å². The minimum absolute atomic E-state index is 0.849. The van der Waals surface area contributed by atoms with Gasteiger partial charge in [0.25, 0.3) is 0 Å². The van der Waals surface area contributed by atoms with Crippen LogP contribution in [0.3, 0.4) is 0 Å². The number of carbonyl (C=O) groups is 1. The van der Waals surface area contributed by atoms with Crippen molar-refractivity contribution < 1.29 is 4.79 Å². The van der Waals surface area contributed by atoms with E-state index in [-0.39, 0.29) is 0 Å². The molecule has 0 atom stereocenters. The van der Waals surface area contributed by atoms with Gasteiger partial charge in [-0.2, -0.15) is 0 Å². The molecular formula is C15H11NOS. The number of anilines is 1. The highest BCUT2D eigenvalue weighted by molar-refractivity contribution is 8.08. The molecule has 1 amide bonds. The first kappa shape index (κ1) is 11.1. The Morgan fingerprint density at radius 2 is 1.67 bits per heavy atom. The maximum Gasteiger partial charge on any atom is 0.218 e. The monoisotopic (exact) mass is 253 g/mol. The molecule has 1 aliphatic rings. The quantitative estimate of drug-likeness (QED) is 0.760. The summed E-state index contributed by atoms with van der Waals surface area (Å²) in [6, 6.07) is 18.0. The zero-order chi connectivity index (χ0) is 12.4. The van der Waals surface area contributed by atoms with Gasteiger partial charge in [0, 0.05) is 16.0 Å². The first-order valence-electron chi connectivity index (χ1n) is 5.66. The lowest BCUT2D eigenvalue weighted by Crippen LogP contribution is -2.16. The zero-order valence-electron chi connectivity index (χ0n) is 9.61. The Hall–Kier alpha value is -2.00. The van der Waals surface area contributed by atoms with Gasteiger partial charge in [-0.1, -0.05) is 54.2 Å². The summed E-state index contributed by atoms with van der Waals surface area (Å²) in [4.78, 5) is 15.0. The molecule has 0 radical (unpaired) electrons. The first-order valence-corrected chi connectivity index (χ1v) is 6.48. The van der Waals surface area contributed by atoms with Crippen LogP contribution in [-0.2, 0) is 4.79 Å². The third kappa shape index (κ3) is 1.93. The highest BCUT2D eigenvalue weighted by Crippen LogP contribution is 2.43. The number of para-hydroxylation sites is 1. The van der Waals surface area contributed by atoms with E-state index in [0.717, 1.165) is 27.5 Å². The number of hydrogen-bond donors (Lipinski definition) is 0. The molecule has 3 rings (SSSR count). The van der Waals surface area contributed by atoms with Gasteiger partial charge in [-0.05, 0) is 17.7 Å². The van der Waals surface area contributed by atoms with Crippen LogP contribution < -0.4 is 4.90 Å². The van der Waals surface area contributed by atoms with Crippen LogP contribution >= 0.6 is 11.8 Å². The summed E-state index contributed by atoms with van der Waals surface area (Å²) in [7, 11) is 0. The molecule has 0 bridgehead atoms. The van der Waals surface area contributed by atoms with Crippen LogP contribution in [0.15, 0.2) is 65.7 Å². The van der Waals surface area contributed by atoms with Crippen LogP contribution in [0.1, 0.15) is 5.56 Å². The fourth-order valence-electron chi connectivity index (χ4n) is 1.92. The molecule has 0 saturated heterocycles. The van der Waals surface area contributed by atoms with Gasteiger partial charge in [-0.15, -0.1) is 0 Å². The molecule has 0 unspecified atom stereocenters. The van der Waals surface area contributed by atoms with Crippen molar-refractivity contribution in [2.75, 3.05) is 4.90 Å². The Bertz CT molecular complexity index is 607. The molecule has 2 aromatic carbocycles. The number of rotatable bonds is 2. The fraction of sp³-hybridized carbons (Fsp3) is 0. The molecule has 0 aromatic heterocycles. The molecule has 0 N–H and O–H groups in total. The van der Waals surface area contributed by atoms with E-state index in [1.54, 1.807) is 16.7 Å². The zero-order valence-corrected chi connectivity index (χ0v) is 10.4. The lowest BCUT2D eigenvalue weighted by Gasteiger charge is -2.23. The van der Waals surface area contributed by atoms with Gasteiger partial charge in [-0.3, -0.25) is 9.69 Å². The van der Waals surface area contributed by atoms with Crippen molar-refractivity contribution in [1.82, 2.24) is 0 Å². The molecule has 3 heteroatoms. The van der Waals surface area contributed by atoms with E-state index >= 15 is 0 Å². The van der Waals surface area contributed by atoms with Crippen molar-refractivity contribution in [2.45, 2.75) is 4.90 Å². The third-order valence-corrected chi connectivity index (χ3v) is 3.92. The van der Waals surface area contributed by atoms with Gasteiger partial charge < -0.3 is 0 Å². The maximum absolute atomic E-state index is 11.2. The van der Waals surface area contributed by atoms with Crippen molar-refractivity contribution in [3.8, 4) is 0 Å². The SMILES string of the molecule is O=CN1C=C(c2ccccc2)Sc2ccccc21. The molecular weight excluding hydrogens is 242 g/mol. The van der Waals surface area contributed by atoms with E-state index in [4.69, 9.17) is 0 Å². The number of carbonyl (C=O) groups excluding carboxylic acids is 1. The minimum Gasteiger partial charge on any atom is -0.288 e. The molecule has 2 aromatic rings. The summed E-state index contributed by atoms with van der Waals surface area (Å²) in [5, 5.41) is 0. The average Bonchev–Trinajstić information content (AvgIpc) is 2.47. The Morgan fingerprint density at radius 1 is 0.944 bits per heavy atom. The third-order valence-electron chi connectivity index (χ3n) is 2.79. The van der Waals surface area contributed by atoms with E-state index in [1.165, 1.54) is 0 Å². The summed E-state index contributed by atoms with van der Waals surface area (Å²) >= 11 is 1.69. The minimum atomic E-state index is 0.849. The van der Waals surface area contributed by atoms with E-state index in [9.17, 15) is 4.79 Å². The van der Waals surface area contributed by atoms with Gasteiger partial charge >= 0.3 is 0 Å². The number of nitrogens with zero attached hydrogens (tertiary/aromatic N) is 1. The van der Waals surface area contributed by atoms with Crippen molar-refractivity contribution in [3.05, 3.63) is 66.4 Å². The number of thioether (sulfide) groups is 1. The van der Waals surface area contributed by atoms with Gasteiger partial charge in [0.05, 0.1) is 5.69 Å². The Labute approximate surface area is 110 Å².